The van der Waals surface area contributed by atoms with Crippen LogP contribution in [0.15, 0.2) is 15.2 Å². The molecule has 4 heteroatoms. The van der Waals surface area contributed by atoms with E-state index in [-0.39, 0.29) is 5.97 Å². The fraction of sp³-hybridized carbons (Fsp3) is 0.167. The maximum atomic E-state index is 10.8. The Balaban J connectivity index is 2.85. The van der Waals surface area contributed by atoms with Crippen molar-refractivity contribution in [1.82, 2.24) is 0 Å². The molecule has 0 saturated heterocycles. The molecule has 0 atom stereocenters. The Kier molecular flexibility index (Phi) is 2.45. The van der Waals surface area contributed by atoms with Crippen LogP contribution in [0.5, 0.6) is 0 Å². The van der Waals surface area contributed by atoms with E-state index in [4.69, 9.17) is 0 Å². The van der Waals surface area contributed by atoms with E-state index in [1.165, 1.54) is 18.4 Å². The molecular weight excluding hydrogens is 216 g/mol. The number of carbonyl (C=O) groups is 1. The number of halogens is 1. The van der Waals surface area contributed by atoms with Crippen LogP contribution >= 0.6 is 27.3 Å². The molecule has 1 heterocycles. The van der Waals surface area contributed by atoms with Crippen LogP contribution in [0, 0.1) is 0 Å². The number of hydrogen-bond donors (Lipinski definition) is 0. The quantitative estimate of drug-likeness (QED) is 0.680. The molecule has 1 rings (SSSR count). The highest BCUT2D eigenvalue weighted by Crippen LogP contribution is 2.20. The summed E-state index contributed by atoms with van der Waals surface area (Å²) in [6.07, 6.45) is 0. The second kappa shape index (κ2) is 3.16. The first-order valence-corrected chi connectivity index (χ1v) is 4.23. The fourth-order valence-corrected chi connectivity index (χ4v) is 1.66. The van der Waals surface area contributed by atoms with Gasteiger partial charge in [-0.15, -0.1) is 11.3 Å². The maximum absolute atomic E-state index is 10.8. The van der Waals surface area contributed by atoms with Crippen molar-refractivity contribution in [2.45, 2.75) is 0 Å². The zero-order chi connectivity index (χ0) is 7.56. The Labute approximate surface area is 70.9 Å². The van der Waals surface area contributed by atoms with E-state index in [9.17, 15) is 4.79 Å². The zero-order valence-electron chi connectivity index (χ0n) is 5.26. The SMILES string of the molecule is COC(=O)c1csc(Br)c1. The second-order valence-corrected chi connectivity index (χ2v) is 3.92. The van der Waals surface area contributed by atoms with E-state index in [0.29, 0.717) is 5.56 Å². The molecule has 0 aliphatic heterocycles. The lowest BCUT2D eigenvalue weighted by Crippen LogP contribution is -1.97. The van der Waals surface area contributed by atoms with Crippen molar-refractivity contribution in [2.24, 2.45) is 0 Å². The molecule has 0 N–H and O–H groups in total. The van der Waals surface area contributed by atoms with Gasteiger partial charge in [-0.2, -0.15) is 0 Å². The van der Waals surface area contributed by atoms with Crippen molar-refractivity contribution in [2.75, 3.05) is 7.11 Å². The standard InChI is InChI=1S/C6H5BrO2S/c1-9-6(8)4-2-5(7)10-3-4/h2-3H,1H3. The highest BCUT2D eigenvalue weighted by Gasteiger charge is 2.05. The zero-order valence-corrected chi connectivity index (χ0v) is 7.66. The van der Waals surface area contributed by atoms with E-state index < -0.39 is 0 Å². The van der Waals surface area contributed by atoms with Gasteiger partial charge in [-0.1, -0.05) is 0 Å². The molecule has 1 aromatic rings. The minimum absolute atomic E-state index is 0.290. The van der Waals surface area contributed by atoms with Gasteiger partial charge in [0.25, 0.3) is 0 Å². The summed E-state index contributed by atoms with van der Waals surface area (Å²) in [4.78, 5) is 10.8. The number of carbonyl (C=O) groups excluding carboxylic acids is 1. The Morgan fingerprint density at radius 3 is 2.90 bits per heavy atom. The molecule has 2 nitrogen and oxygen atoms in total. The molecule has 0 aromatic carbocycles. The smallest absolute Gasteiger partial charge is 0.338 e. The van der Waals surface area contributed by atoms with E-state index in [1.807, 2.05) is 0 Å². The Bertz CT molecular complexity index is 244. The first-order chi connectivity index (χ1) is 4.74. The van der Waals surface area contributed by atoms with Crippen molar-refractivity contribution in [3.05, 3.63) is 20.8 Å². The number of rotatable bonds is 1. The maximum Gasteiger partial charge on any atom is 0.338 e. The summed E-state index contributed by atoms with van der Waals surface area (Å²) in [6.45, 7) is 0. The third-order valence-corrected chi connectivity index (χ3v) is 2.49. The molecular formula is C6H5BrO2S. The van der Waals surface area contributed by atoms with Crippen LogP contribution in [0.1, 0.15) is 10.4 Å². The third-order valence-electron chi connectivity index (χ3n) is 0.989. The first-order valence-electron chi connectivity index (χ1n) is 2.56. The van der Waals surface area contributed by atoms with E-state index in [2.05, 4.69) is 20.7 Å². The highest BCUT2D eigenvalue weighted by molar-refractivity contribution is 9.11. The van der Waals surface area contributed by atoms with Gasteiger partial charge in [0.2, 0.25) is 0 Å². The Hall–Kier alpha value is -0.350. The fourth-order valence-electron chi connectivity index (χ4n) is 0.535. The number of methoxy groups -OCH3 is 1. The van der Waals surface area contributed by atoms with E-state index in [1.54, 1.807) is 11.4 Å². The summed E-state index contributed by atoms with van der Waals surface area (Å²) < 4.78 is 5.43. The molecule has 0 aliphatic rings. The lowest BCUT2D eigenvalue weighted by Gasteiger charge is -1.90. The Morgan fingerprint density at radius 2 is 2.50 bits per heavy atom. The van der Waals surface area contributed by atoms with Gasteiger partial charge in [0, 0.05) is 5.38 Å². The lowest BCUT2D eigenvalue weighted by molar-refractivity contribution is 0.0601. The van der Waals surface area contributed by atoms with Crippen molar-refractivity contribution in [3.8, 4) is 0 Å². The number of thiophene rings is 1. The van der Waals surface area contributed by atoms with Crippen LogP contribution < -0.4 is 0 Å². The van der Waals surface area contributed by atoms with Gasteiger partial charge < -0.3 is 4.74 Å². The minimum atomic E-state index is -0.290. The first kappa shape index (κ1) is 7.75. The topological polar surface area (TPSA) is 26.3 Å². The number of hydrogen-bond acceptors (Lipinski definition) is 3. The summed E-state index contributed by atoms with van der Waals surface area (Å²) >= 11 is 4.70. The average molecular weight is 221 g/mol. The molecule has 0 spiro atoms. The monoisotopic (exact) mass is 220 g/mol. The summed E-state index contributed by atoms with van der Waals surface area (Å²) in [7, 11) is 1.37. The molecule has 0 radical (unpaired) electrons. The van der Waals surface area contributed by atoms with E-state index >= 15 is 0 Å². The van der Waals surface area contributed by atoms with Crippen molar-refractivity contribution < 1.29 is 9.53 Å². The molecule has 0 fully saturated rings. The van der Waals surface area contributed by atoms with Crippen LogP contribution in [0.4, 0.5) is 0 Å². The van der Waals surface area contributed by atoms with Gasteiger partial charge in [-0.05, 0) is 22.0 Å². The predicted molar refractivity (Wildman–Crippen MR) is 43.4 cm³/mol. The number of ether oxygens (including phenoxy) is 1. The van der Waals surface area contributed by atoms with Crippen molar-refractivity contribution in [1.29, 1.82) is 0 Å². The van der Waals surface area contributed by atoms with Crippen molar-refractivity contribution in [3.63, 3.8) is 0 Å². The van der Waals surface area contributed by atoms with Crippen molar-refractivity contribution >= 4 is 33.2 Å². The van der Waals surface area contributed by atoms with Gasteiger partial charge in [0.1, 0.15) is 0 Å². The van der Waals surface area contributed by atoms with Gasteiger partial charge in [-0.25, -0.2) is 4.79 Å². The third kappa shape index (κ3) is 1.58. The van der Waals surface area contributed by atoms with Gasteiger partial charge in [0.05, 0.1) is 16.5 Å². The molecule has 0 saturated carbocycles. The summed E-state index contributed by atoms with van der Waals surface area (Å²) in [5, 5.41) is 1.75. The minimum Gasteiger partial charge on any atom is -0.465 e. The van der Waals surface area contributed by atoms with Crippen LogP contribution in [0.25, 0.3) is 0 Å². The summed E-state index contributed by atoms with van der Waals surface area (Å²) in [5.41, 5.74) is 0.597. The molecule has 0 amide bonds. The molecule has 0 bridgehead atoms. The summed E-state index contributed by atoms with van der Waals surface area (Å²) in [6, 6.07) is 1.73. The lowest BCUT2D eigenvalue weighted by atomic mass is 10.4. The van der Waals surface area contributed by atoms with Crippen LogP contribution in [-0.4, -0.2) is 13.1 Å². The van der Waals surface area contributed by atoms with Gasteiger partial charge in [0.15, 0.2) is 0 Å². The van der Waals surface area contributed by atoms with Crippen LogP contribution in [-0.2, 0) is 4.74 Å². The molecule has 10 heavy (non-hydrogen) atoms. The van der Waals surface area contributed by atoms with Crippen LogP contribution in [0.3, 0.4) is 0 Å². The second-order valence-electron chi connectivity index (χ2n) is 1.63. The van der Waals surface area contributed by atoms with Crippen LogP contribution in [0.2, 0.25) is 0 Å². The predicted octanol–water partition coefficient (Wildman–Crippen LogP) is 2.30. The van der Waals surface area contributed by atoms with Gasteiger partial charge >= 0.3 is 5.97 Å². The Morgan fingerprint density at radius 1 is 1.80 bits per heavy atom. The normalized spacial score (nSPS) is 9.40. The number of esters is 1. The molecule has 1 aromatic heterocycles. The highest BCUT2D eigenvalue weighted by atomic mass is 79.9. The van der Waals surface area contributed by atoms with E-state index in [0.717, 1.165) is 3.79 Å². The average Bonchev–Trinajstić information content (AvgIpc) is 2.34. The molecule has 0 aliphatic carbocycles. The summed E-state index contributed by atoms with van der Waals surface area (Å²) in [5.74, 6) is -0.290. The largest absolute Gasteiger partial charge is 0.465 e. The molecule has 54 valence electrons. The van der Waals surface area contributed by atoms with Gasteiger partial charge in [-0.3, -0.25) is 0 Å². The molecule has 0 unspecified atom stereocenters.